The lowest BCUT2D eigenvalue weighted by molar-refractivity contribution is 0.681. The Bertz CT molecular complexity index is 939. The standard InChI is InChI=1S/C18H15N3OS/c1-12-10-16-18(20-11-12)21(14-7-4-3-6-13(14)2)17-15(23(16)22)8-5-9-19-17/h3-11H,1-2H3. The molecule has 4 rings (SSSR count). The number of para-hydroxylation sites is 1. The van der Waals surface area contributed by atoms with Gasteiger partial charge in [-0.25, -0.2) is 14.2 Å². The van der Waals surface area contributed by atoms with Crippen LogP contribution in [0.3, 0.4) is 0 Å². The number of aromatic nitrogens is 2. The number of fused-ring (bicyclic) bond motifs is 2. The molecule has 0 fully saturated rings. The fourth-order valence-corrected chi connectivity index (χ4v) is 4.15. The van der Waals surface area contributed by atoms with Crippen molar-refractivity contribution in [2.75, 3.05) is 4.90 Å². The summed E-state index contributed by atoms with van der Waals surface area (Å²) >= 11 is 0. The zero-order valence-electron chi connectivity index (χ0n) is 12.9. The molecule has 0 bridgehead atoms. The molecule has 1 aliphatic heterocycles. The van der Waals surface area contributed by atoms with Crippen LogP contribution >= 0.6 is 0 Å². The van der Waals surface area contributed by atoms with Gasteiger partial charge in [-0.3, -0.25) is 4.90 Å². The first-order chi connectivity index (χ1) is 11.2. The van der Waals surface area contributed by atoms with Crippen molar-refractivity contribution in [1.29, 1.82) is 0 Å². The second-order valence-corrected chi connectivity index (χ2v) is 6.97. The van der Waals surface area contributed by atoms with Gasteiger partial charge in [0.05, 0.1) is 26.3 Å². The summed E-state index contributed by atoms with van der Waals surface area (Å²) in [7, 11) is -1.27. The second-order valence-electron chi connectivity index (χ2n) is 5.55. The maximum atomic E-state index is 12.9. The minimum Gasteiger partial charge on any atom is -0.277 e. The lowest BCUT2D eigenvalue weighted by atomic mass is 10.1. The van der Waals surface area contributed by atoms with Crippen LogP contribution in [0, 0.1) is 13.8 Å². The molecular weight excluding hydrogens is 306 g/mol. The van der Waals surface area contributed by atoms with Crippen molar-refractivity contribution < 1.29 is 4.21 Å². The quantitative estimate of drug-likeness (QED) is 0.531. The highest BCUT2D eigenvalue weighted by atomic mass is 32.2. The molecule has 1 aliphatic rings. The zero-order valence-corrected chi connectivity index (χ0v) is 13.7. The van der Waals surface area contributed by atoms with Gasteiger partial charge in [0.1, 0.15) is 0 Å². The van der Waals surface area contributed by atoms with Crippen LogP contribution in [-0.4, -0.2) is 14.2 Å². The van der Waals surface area contributed by atoms with Crippen LogP contribution < -0.4 is 4.90 Å². The van der Waals surface area contributed by atoms with Crippen LogP contribution in [-0.2, 0) is 10.8 Å². The molecule has 3 heterocycles. The molecule has 1 atom stereocenters. The van der Waals surface area contributed by atoms with Crippen LogP contribution in [0.25, 0.3) is 0 Å². The van der Waals surface area contributed by atoms with Crippen molar-refractivity contribution in [3.63, 3.8) is 0 Å². The van der Waals surface area contributed by atoms with E-state index >= 15 is 0 Å². The molecule has 1 unspecified atom stereocenters. The first-order valence-corrected chi connectivity index (χ1v) is 8.51. The van der Waals surface area contributed by atoms with Gasteiger partial charge in [-0.15, -0.1) is 0 Å². The van der Waals surface area contributed by atoms with Crippen LogP contribution in [0.4, 0.5) is 17.3 Å². The average Bonchev–Trinajstić information content (AvgIpc) is 2.57. The Morgan fingerprint density at radius 2 is 1.74 bits per heavy atom. The summed E-state index contributed by atoms with van der Waals surface area (Å²) in [4.78, 5) is 12.5. The molecule has 0 spiro atoms. The Morgan fingerprint density at radius 1 is 0.957 bits per heavy atom. The average molecular weight is 321 g/mol. The third-order valence-electron chi connectivity index (χ3n) is 3.90. The Labute approximate surface area is 137 Å². The predicted molar refractivity (Wildman–Crippen MR) is 90.9 cm³/mol. The third-order valence-corrected chi connectivity index (χ3v) is 5.32. The van der Waals surface area contributed by atoms with Gasteiger partial charge < -0.3 is 0 Å². The van der Waals surface area contributed by atoms with Crippen LogP contribution in [0.2, 0.25) is 0 Å². The van der Waals surface area contributed by atoms with Crippen molar-refractivity contribution in [3.8, 4) is 0 Å². The maximum absolute atomic E-state index is 12.9. The summed E-state index contributed by atoms with van der Waals surface area (Å²) in [5, 5.41) is 0. The molecule has 0 amide bonds. The number of nitrogens with zero attached hydrogens (tertiary/aromatic N) is 3. The highest BCUT2D eigenvalue weighted by Crippen LogP contribution is 2.44. The second kappa shape index (κ2) is 5.28. The number of anilines is 3. The zero-order chi connectivity index (χ0) is 16.0. The Hall–Kier alpha value is -2.53. The van der Waals surface area contributed by atoms with Crippen molar-refractivity contribution in [2.45, 2.75) is 23.6 Å². The summed E-state index contributed by atoms with van der Waals surface area (Å²) < 4.78 is 12.9. The molecule has 4 nitrogen and oxygen atoms in total. The topological polar surface area (TPSA) is 46.1 Å². The van der Waals surface area contributed by atoms with Gasteiger partial charge in [0.25, 0.3) is 0 Å². The van der Waals surface area contributed by atoms with Gasteiger partial charge >= 0.3 is 0 Å². The number of hydrogen-bond acceptors (Lipinski definition) is 4. The van der Waals surface area contributed by atoms with E-state index in [1.807, 2.05) is 48.2 Å². The molecule has 0 saturated carbocycles. The molecule has 0 radical (unpaired) electrons. The molecular formula is C18H15N3OS. The highest BCUT2D eigenvalue weighted by Gasteiger charge is 2.32. The molecule has 5 heteroatoms. The summed E-state index contributed by atoms with van der Waals surface area (Å²) in [5.74, 6) is 1.37. The molecule has 23 heavy (non-hydrogen) atoms. The van der Waals surface area contributed by atoms with E-state index in [9.17, 15) is 4.21 Å². The number of rotatable bonds is 1. The van der Waals surface area contributed by atoms with Gasteiger partial charge in [0.15, 0.2) is 11.6 Å². The summed E-state index contributed by atoms with van der Waals surface area (Å²) in [6.07, 6.45) is 3.52. The Kier molecular flexibility index (Phi) is 3.23. The van der Waals surface area contributed by atoms with Crippen LogP contribution in [0.5, 0.6) is 0 Å². The van der Waals surface area contributed by atoms with Crippen molar-refractivity contribution in [3.05, 3.63) is 66.0 Å². The van der Waals surface area contributed by atoms with Crippen LogP contribution in [0.1, 0.15) is 11.1 Å². The van der Waals surface area contributed by atoms with E-state index in [1.54, 1.807) is 12.4 Å². The summed E-state index contributed by atoms with van der Waals surface area (Å²) in [6.45, 7) is 4.01. The van der Waals surface area contributed by atoms with E-state index in [0.29, 0.717) is 11.6 Å². The minimum absolute atomic E-state index is 0.684. The first-order valence-electron chi connectivity index (χ1n) is 7.36. The highest BCUT2D eigenvalue weighted by molar-refractivity contribution is 7.85. The van der Waals surface area contributed by atoms with Crippen LogP contribution in [0.15, 0.2) is 64.6 Å². The molecule has 0 N–H and O–H groups in total. The Morgan fingerprint density at radius 3 is 2.57 bits per heavy atom. The summed E-state index contributed by atoms with van der Waals surface area (Å²) in [5.41, 5.74) is 3.11. The lowest BCUT2D eigenvalue weighted by Crippen LogP contribution is -2.22. The van der Waals surface area contributed by atoms with Gasteiger partial charge in [-0.2, -0.15) is 0 Å². The van der Waals surface area contributed by atoms with E-state index in [-0.39, 0.29) is 0 Å². The Balaban J connectivity index is 2.05. The van der Waals surface area contributed by atoms with E-state index in [1.165, 1.54) is 0 Å². The molecule has 1 aromatic carbocycles. The van der Waals surface area contributed by atoms with E-state index in [4.69, 9.17) is 0 Å². The van der Waals surface area contributed by atoms with E-state index in [0.717, 1.165) is 26.6 Å². The monoisotopic (exact) mass is 321 g/mol. The molecule has 3 aromatic rings. The predicted octanol–water partition coefficient (Wildman–Crippen LogP) is 4.04. The number of benzene rings is 1. The fourth-order valence-electron chi connectivity index (χ4n) is 2.80. The largest absolute Gasteiger partial charge is 0.277 e. The van der Waals surface area contributed by atoms with E-state index < -0.39 is 10.8 Å². The molecule has 114 valence electrons. The maximum Gasteiger partial charge on any atom is 0.155 e. The van der Waals surface area contributed by atoms with Crippen molar-refractivity contribution in [2.24, 2.45) is 0 Å². The minimum atomic E-state index is -1.27. The number of hydrogen-bond donors (Lipinski definition) is 0. The fraction of sp³-hybridized carbons (Fsp3) is 0.111. The van der Waals surface area contributed by atoms with Gasteiger partial charge in [-0.05, 0) is 49.2 Å². The van der Waals surface area contributed by atoms with Crippen molar-refractivity contribution in [1.82, 2.24) is 9.97 Å². The first kappa shape index (κ1) is 14.1. The van der Waals surface area contributed by atoms with Crippen molar-refractivity contribution >= 4 is 28.1 Å². The van der Waals surface area contributed by atoms with Gasteiger partial charge in [-0.1, -0.05) is 18.2 Å². The smallest absolute Gasteiger partial charge is 0.155 e. The lowest BCUT2D eigenvalue weighted by Gasteiger charge is -2.31. The summed E-state index contributed by atoms with van der Waals surface area (Å²) in [6, 6.07) is 13.7. The van der Waals surface area contributed by atoms with Gasteiger partial charge in [0, 0.05) is 12.4 Å². The van der Waals surface area contributed by atoms with E-state index in [2.05, 4.69) is 23.0 Å². The van der Waals surface area contributed by atoms with Gasteiger partial charge in [0.2, 0.25) is 0 Å². The number of pyridine rings is 2. The number of aryl methyl sites for hydroxylation is 2. The third kappa shape index (κ3) is 2.16. The SMILES string of the molecule is Cc1cnc2c(c1)S(=O)c1cccnc1N2c1ccccc1C. The molecule has 0 aliphatic carbocycles. The normalized spacial score (nSPS) is 15.9. The molecule has 2 aromatic heterocycles. The molecule has 0 saturated heterocycles.